The number of aryl methyl sites for hydroxylation is 1. The van der Waals surface area contributed by atoms with Gasteiger partial charge in [0.25, 0.3) is 0 Å². The van der Waals surface area contributed by atoms with Crippen molar-refractivity contribution < 1.29 is 4.74 Å². The minimum atomic E-state index is 0.593. The first kappa shape index (κ1) is 7.85. The van der Waals surface area contributed by atoms with E-state index in [1.54, 1.807) is 12.3 Å². The predicted octanol–water partition coefficient (Wildman–Crippen LogP) is 1.37. The van der Waals surface area contributed by atoms with Crippen molar-refractivity contribution in [2.24, 2.45) is 0 Å². The minimum absolute atomic E-state index is 0.593. The van der Waals surface area contributed by atoms with E-state index in [4.69, 9.17) is 10.5 Å². The zero-order valence-corrected chi connectivity index (χ0v) is 6.79. The molecule has 0 saturated carbocycles. The Balaban J connectivity index is 2.86. The predicted molar refractivity (Wildman–Crippen MR) is 44.6 cm³/mol. The Morgan fingerprint density at radius 1 is 1.64 bits per heavy atom. The SMILES string of the molecule is CCOc1cc(N)c(C)cn1. The average molecular weight is 152 g/mol. The maximum absolute atomic E-state index is 5.63. The zero-order valence-electron chi connectivity index (χ0n) is 6.79. The summed E-state index contributed by atoms with van der Waals surface area (Å²) in [5.74, 6) is 0.593. The molecule has 0 amide bonds. The van der Waals surface area contributed by atoms with E-state index in [-0.39, 0.29) is 0 Å². The highest BCUT2D eigenvalue weighted by atomic mass is 16.5. The van der Waals surface area contributed by atoms with Crippen LogP contribution in [0, 0.1) is 6.92 Å². The summed E-state index contributed by atoms with van der Waals surface area (Å²) in [6, 6.07) is 1.73. The molecule has 0 aliphatic heterocycles. The summed E-state index contributed by atoms with van der Waals surface area (Å²) >= 11 is 0. The van der Waals surface area contributed by atoms with Gasteiger partial charge in [0.2, 0.25) is 5.88 Å². The molecule has 0 radical (unpaired) electrons. The Kier molecular flexibility index (Phi) is 2.31. The highest BCUT2D eigenvalue weighted by Gasteiger charge is 1.96. The summed E-state index contributed by atoms with van der Waals surface area (Å²) in [6.07, 6.45) is 1.71. The number of nitrogen functional groups attached to an aromatic ring is 1. The van der Waals surface area contributed by atoms with Crippen molar-refractivity contribution >= 4 is 5.69 Å². The summed E-state index contributed by atoms with van der Waals surface area (Å²) in [5, 5.41) is 0. The summed E-state index contributed by atoms with van der Waals surface area (Å²) in [4.78, 5) is 4.03. The fourth-order valence-electron chi connectivity index (χ4n) is 0.746. The van der Waals surface area contributed by atoms with Crippen LogP contribution in [0.5, 0.6) is 5.88 Å². The van der Waals surface area contributed by atoms with Gasteiger partial charge < -0.3 is 10.5 Å². The third kappa shape index (κ3) is 1.83. The Morgan fingerprint density at radius 3 is 2.91 bits per heavy atom. The molecule has 0 atom stereocenters. The van der Waals surface area contributed by atoms with E-state index in [0.29, 0.717) is 12.5 Å². The van der Waals surface area contributed by atoms with Gasteiger partial charge in [0.05, 0.1) is 6.61 Å². The van der Waals surface area contributed by atoms with Crippen molar-refractivity contribution in [2.75, 3.05) is 12.3 Å². The van der Waals surface area contributed by atoms with Crippen LogP contribution in [0.15, 0.2) is 12.3 Å². The van der Waals surface area contributed by atoms with E-state index in [0.717, 1.165) is 11.3 Å². The highest BCUT2D eigenvalue weighted by molar-refractivity contribution is 5.46. The third-order valence-electron chi connectivity index (χ3n) is 1.41. The van der Waals surface area contributed by atoms with Gasteiger partial charge in [0.15, 0.2) is 0 Å². The summed E-state index contributed by atoms with van der Waals surface area (Å²) in [7, 11) is 0. The third-order valence-corrected chi connectivity index (χ3v) is 1.41. The van der Waals surface area contributed by atoms with Crippen LogP contribution in [-0.4, -0.2) is 11.6 Å². The zero-order chi connectivity index (χ0) is 8.27. The van der Waals surface area contributed by atoms with E-state index >= 15 is 0 Å². The van der Waals surface area contributed by atoms with Crippen LogP contribution in [0.25, 0.3) is 0 Å². The van der Waals surface area contributed by atoms with Crippen LogP contribution < -0.4 is 10.5 Å². The van der Waals surface area contributed by atoms with E-state index in [1.807, 2.05) is 13.8 Å². The molecular weight excluding hydrogens is 140 g/mol. The van der Waals surface area contributed by atoms with Gasteiger partial charge in [-0.15, -0.1) is 0 Å². The molecule has 1 rings (SSSR count). The van der Waals surface area contributed by atoms with E-state index in [1.165, 1.54) is 0 Å². The Bertz CT molecular complexity index is 248. The van der Waals surface area contributed by atoms with Gasteiger partial charge in [-0.1, -0.05) is 0 Å². The molecule has 1 aromatic rings. The molecule has 0 fully saturated rings. The summed E-state index contributed by atoms with van der Waals surface area (Å²) in [6.45, 7) is 4.45. The second-order valence-corrected chi connectivity index (χ2v) is 2.31. The van der Waals surface area contributed by atoms with Gasteiger partial charge in [-0.2, -0.15) is 0 Å². The van der Waals surface area contributed by atoms with Crippen molar-refractivity contribution in [1.29, 1.82) is 0 Å². The molecule has 0 aliphatic carbocycles. The Morgan fingerprint density at radius 2 is 2.36 bits per heavy atom. The number of pyridine rings is 1. The number of anilines is 1. The molecule has 1 heterocycles. The largest absolute Gasteiger partial charge is 0.478 e. The lowest BCUT2D eigenvalue weighted by molar-refractivity contribution is 0.327. The molecule has 60 valence electrons. The first-order chi connectivity index (χ1) is 5.24. The van der Waals surface area contributed by atoms with Crippen LogP contribution in [0.2, 0.25) is 0 Å². The van der Waals surface area contributed by atoms with E-state index in [9.17, 15) is 0 Å². The van der Waals surface area contributed by atoms with Gasteiger partial charge in [0, 0.05) is 18.0 Å². The molecule has 1 aromatic heterocycles. The molecule has 3 nitrogen and oxygen atoms in total. The number of nitrogens with two attached hydrogens (primary N) is 1. The smallest absolute Gasteiger partial charge is 0.215 e. The van der Waals surface area contributed by atoms with E-state index < -0.39 is 0 Å². The van der Waals surface area contributed by atoms with Crippen LogP contribution in [-0.2, 0) is 0 Å². The molecule has 0 saturated heterocycles. The quantitative estimate of drug-likeness (QED) is 0.696. The number of rotatable bonds is 2. The highest BCUT2D eigenvalue weighted by Crippen LogP contribution is 2.14. The Labute approximate surface area is 66.2 Å². The maximum Gasteiger partial charge on any atom is 0.215 e. The molecule has 11 heavy (non-hydrogen) atoms. The molecule has 0 aliphatic rings. The molecule has 0 spiro atoms. The Hall–Kier alpha value is -1.25. The van der Waals surface area contributed by atoms with Gasteiger partial charge in [-0.3, -0.25) is 0 Å². The van der Waals surface area contributed by atoms with Crippen molar-refractivity contribution in [3.8, 4) is 5.88 Å². The van der Waals surface area contributed by atoms with Gasteiger partial charge in [-0.25, -0.2) is 4.98 Å². The van der Waals surface area contributed by atoms with Gasteiger partial charge in [-0.05, 0) is 19.4 Å². The molecule has 0 unspecified atom stereocenters. The van der Waals surface area contributed by atoms with Crippen molar-refractivity contribution in [3.05, 3.63) is 17.8 Å². The summed E-state index contributed by atoms with van der Waals surface area (Å²) in [5.41, 5.74) is 7.34. The second-order valence-electron chi connectivity index (χ2n) is 2.31. The topological polar surface area (TPSA) is 48.1 Å². The van der Waals surface area contributed by atoms with E-state index in [2.05, 4.69) is 4.98 Å². The average Bonchev–Trinajstić information content (AvgIpc) is 1.98. The minimum Gasteiger partial charge on any atom is -0.478 e. The first-order valence-corrected chi connectivity index (χ1v) is 3.59. The van der Waals surface area contributed by atoms with Crippen LogP contribution in [0.1, 0.15) is 12.5 Å². The molecule has 2 N–H and O–H groups in total. The van der Waals surface area contributed by atoms with Crippen molar-refractivity contribution in [1.82, 2.24) is 4.98 Å². The lowest BCUT2D eigenvalue weighted by Crippen LogP contribution is -1.97. The fourth-order valence-corrected chi connectivity index (χ4v) is 0.746. The molecule has 0 aromatic carbocycles. The summed E-state index contributed by atoms with van der Waals surface area (Å²) < 4.78 is 5.15. The molecule has 0 bridgehead atoms. The lowest BCUT2D eigenvalue weighted by atomic mass is 10.3. The lowest BCUT2D eigenvalue weighted by Gasteiger charge is -2.03. The number of aromatic nitrogens is 1. The van der Waals surface area contributed by atoms with Crippen molar-refractivity contribution in [2.45, 2.75) is 13.8 Å². The van der Waals surface area contributed by atoms with Crippen LogP contribution in [0.3, 0.4) is 0 Å². The maximum atomic E-state index is 5.63. The normalized spacial score (nSPS) is 9.64. The molecular formula is C8H12N2O. The number of nitrogens with zero attached hydrogens (tertiary/aromatic N) is 1. The second kappa shape index (κ2) is 3.23. The van der Waals surface area contributed by atoms with Crippen LogP contribution >= 0.6 is 0 Å². The fraction of sp³-hybridized carbons (Fsp3) is 0.375. The number of hydrogen-bond donors (Lipinski definition) is 1. The monoisotopic (exact) mass is 152 g/mol. The number of hydrogen-bond acceptors (Lipinski definition) is 3. The van der Waals surface area contributed by atoms with Gasteiger partial charge in [0.1, 0.15) is 0 Å². The van der Waals surface area contributed by atoms with Crippen molar-refractivity contribution in [3.63, 3.8) is 0 Å². The first-order valence-electron chi connectivity index (χ1n) is 3.59. The molecule has 3 heteroatoms. The number of ether oxygens (including phenoxy) is 1. The van der Waals surface area contributed by atoms with Gasteiger partial charge >= 0.3 is 0 Å². The standard InChI is InChI=1S/C8H12N2O/c1-3-11-8-4-7(9)6(2)5-10-8/h4-5H,3H2,1-2H3,(H2,9,10). The van der Waals surface area contributed by atoms with Crippen LogP contribution in [0.4, 0.5) is 5.69 Å².